The molecule has 4 aliphatic heterocycles. The monoisotopic (exact) mass is 1650 g/mol. The van der Waals surface area contributed by atoms with Crippen LogP contribution in [0, 0.1) is 10.8 Å². The molecule has 24 nitrogen and oxygen atoms in total. The Labute approximate surface area is 689 Å². The fourth-order valence-corrected chi connectivity index (χ4v) is 14.0. The standard InChI is InChI=1S/C40H30N8O2S.C32H16N8.C17H24O6.2Cu/c1-4-40(2,3)39(49)50-19-20-51-22-17-18-29-30(21-22)38-47-36-28-16-10-9-15-27(28)34(45-36)43-32-24-12-6-5-11-23(24)31(41-32)42-33-25-13-7-8-14-26(25)35(44-33)46-37(29)48-38;1-2-10-18-17(9-1)25-33-26(18)38-28-21-13-5-6-14-22(21)30(35-28)40-32-24-16-8-7-15-23(24)31(36-32)39-29-20-12-4-3-11-19(20)27(34-29)37-25;1-5-17(2,3)16(20)23-11-13(18)10-22-15(19)12-7-6-8-14(9-12)21-4;;/h5-18,21H,4,19-20H2,1-3H3;1-16H;6-9,13,18H,5,10-11H2,1-4H3;;/q2*-2;;2*+2. The summed E-state index contributed by atoms with van der Waals surface area (Å²) in [4.78, 5) is 116. The molecule has 2 radical (unpaired) electrons. The summed E-state index contributed by atoms with van der Waals surface area (Å²) in [5.74, 6) is 4.25. The fourth-order valence-electron chi connectivity index (χ4n) is 13.2. The summed E-state index contributed by atoms with van der Waals surface area (Å²) in [6, 6.07) is 68.2. The zero-order valence-corrected chi connectivity index (χ0v) is 66.2. The Hall–Kier alpha value is -12.7. The maximum Gasteiger partial charge on any atom is 2.00 e. The molecule has 4 aliphatic rings. The van der Waals surface area contributed by atoms with Crippen molar-refractivity contribution in [1.82, 2.24) is 79.7 Å². The first-order valence-electron chi connectivity index (χ1n) is 37.1. The Kier molecular flexibility index (Phi) is 22.3. The van der Waals surface area contributed by atoms with Crippen molar-refractivity contribution in [2.75, 3.05) is 32.7 Å². The average molecular weight is 1650 g/mol. The molecule has 0 spiro atoms. The summed E-state index contributed by atoms with van der Waals surface area (Å²) < 4.78 is 20.6. The number of fused-ring (bicyclic) bond motifs is 40. The number of ether oxygens (including phenoxy) is 4. The minimum atomic E-state index is -1.07. The molecule has 116 heavy (non-hydrogen) atoms. The number of hydrogen-bond acceptors (Lipinski definition) is 21. The van der Waals surface area contributed by atoms with Crippen molar-refractivity contribution < 1.29 is 72.6 Å². The Bertz CT molecular complexity index is 6440. The van der Waals surface area contributed by atoms with Gasteiger partial charge in [-0.1, -0.05) is 196 Å². The average Bonchev–Trinajstić information content (AvgIpc) is 1.60. The molecule has 0 saturated carbocycles. The third kappa shape index (κ3) is 15.5. The number of nitrogens with zero attached hydrogens (tertiary/aromatic N) is 16. The maximum absolute atomic E-state index is 12.5. The SMILES string of the molecule is CCC(C)(C)C(=O)OCC(O)COC(=O)c1cccc(OC)c1.CCC(C)(C)C(=O)OCCSc1ccc2c3nc4nc(nc5[n-]c(nc6nc(nc([n-]3)c2c1)-c1ccccc1-6)c1ccccc51)-c1ccccc1-4.[Cu+2].[Cu+2].c1ccc2c(c1)-c1nc-2nc2[n-]c(nc3nc(nc4[n-]c(n1)c1ccccc41)-c1ccccc1-3)c1ccccc21. The number of carbonyl (C=O) groups excluding carboxylic acids is 3. The number of rotatable bonds is 14. The molecule has 0 amide bonds. The van der Waals surface area contributed by atoms with E-state index in [1.807, 2.05) is 210 Å². The molecule has 1 unspecified atom stereocenters. The van der Waals surface area contributed by atoms with E-state index in [1.165, 1.54) is 7.11 Å². The van der Waals surface area contributed by atoms with Crippen molar-refractivity contribution in [3.8, 4) is 96.9 Å². The number of aromatic nitrogens is 16. The summed E-state index contributed by atoms with van der Waals surface area (Å²) in [6.45, 7) is 11.1. The third-order valence-corrected chi connectivity index (χ3v) is 21.3. The van der Waals surface area contributed by atoms with E-state index in [0.29, 0.717) is 122 Å². The van der Waals surface area contributed by atoms with E-state index < -0.39 is 28.9 Å². The van der Waals surface area contributed by atoms with Gasteiger partial charge in [0.15, 0.2) is 0 Å². The Morgan fingerprint density at radius 2 is 0.655 bits per heavy atom. The summed E-state index contributed by atoms with van der Waals surface area (Å²) in [5, 5.41) is 16.7. The van der Waals surface area contributed by atoms with E-state index >= 15 is 0 Å². The van der Waals surface area contributed by atoms with Crippen LogP contribution >= 0.6 is 11.8 Å². The molecule has 16 bridgehead atoms. The van der Waals surface area contributed by atoms with Gasteiger partial charge in [0.1, 0.15) is 31.7 Å². The van der Waals surface area contributed by atoms with Gasteiger partial charge < -0.3 is 83.9 Å². The van der Waals surface area contributed by atoms with Gasteiger partial charge >= 0.3 is 52.0 Å². The van der Waals surface area contributed by atoms with Crippen molar-refractivity contribution in [1.29, 1.82) is 0 Å². The van der Waals surface area contributed by atoms with Crippen LogP contribution in [0.4, 0.5) is 0 Å². The zero-order chi connectivity index (χ0) is 78.4. The number of aliphatic hydroxyl groups is 1. The molecule has 15 aromatic rings. The van der Waals surface area contributed by atoms with Crippen LogP contribution in [-0.2, 0) is 57.9 Å². The molecular formula is C89H70Cu2N16O8S. The number of methoxy groups -OCH3 is 1. The van der Waals surface area contributed by atoms with E-state index in [2.05, 4.69) is 6.07 Å². The van der Waals surface area contributed by atoms with E-state index in [-0.39, 0.29) is 53.3 Å². The third-order valence-electron chi connectivity index (χ3n) is 20.3. The van der Waals surface area contributed by atoms with Gasteiger partial charge in [0.05, 0.1) is 70.1 Å². The van der Waals surface area contributed by atoms with Gasteiger partial charge in [-0.25, -0.2) is 24.7 Å². The van der Waals surface area contributed by atoms with Gasteiger partial charge in [0.25, 0.3) is 0 Å². The van der Waals surface area contributed by atoms with Crippen molar-refractivity contribution in [3.63, 3.8) is 0 Å². The van der Waals surface area contributed by atoms with Gasteiger partial charge in [0, 0.05) is 100 Å². The predicted molar refractivity (Wildman–Crippen MR) is 438 cm³/mol. The molecule has 27 heteroatoms. The van der Waals surface area contributed by atoms with Crippen molar-refractivity contribution >= 4 is 118 Å². The number of carbonyl (C=O) groups is 3. The second-order valence-corrected chi connectivity index (χ2v) is 29.7. The fraction of sp³-hybridized carbons (Fsp3) is 0.180. The molecule has 1 N–H and O–H groups in total. The Morgan fingerprint density at radius 3 is 0.974 bits per heavy atom. The summed E-state index contributed by atoms with van der Waals surface area (Å²) in [7, 11) is 1.50. The first-order valence-corrected chi connectivity index (χ1v) is 38.1. The minimum Gasteiger partial charge on any atom is -0.497 e. The molecule has 6 aromatic heterocycles. The quantitative estimate of drug-likeness (QED) is 0.0347. The molecule has 1 atom stereocenters. The molecule has 0 fully saturated rings. The van der Waals surface area contributed by atoms with E-state index in [4.69, 9.17) is 98.7 Å². The molecular weight excluding hydrogens is 1580 g/mol. The first kappa shape index (κ1) is 78.5. The topological polar surface area (TPSA) is 319 Å². The van der Waals surface area contributed by atoms with Gasteiger partial charge in [-0.2, -0.15) is 0 Å². The zero-order valence-electron chi connectivity index (χ0n) is 63.5. The number of benzene rings is 9. The van der Waals surface area contributed by atoms with Crippen LogP contribution in [0.15, 0.2) is 217 Å². The van der Waals surface area contributed by atoms with E-state index in [0.717, 1.165) is 98.9 Å². The van der Waals surface area contributed by atoms with Crippen molar-refractivity contribution in [3.05, 3.63) is 218 Å². The van der Waals surface area contributed by atoms with Gasteiger partial charge in [-0.3, -0.25) is 9.59 Å². The molecule has 0 saturated heterocycles. The normalized spacial score (nSPS) is 12.0. The van der Waals surface area contributed by atoms with E-state index in [9.17, 15) is 19.5 Å². The van der Waals surface area contributed by atoms with Crippen LogP contribution in [-0.4, -0.2) is 122 Å². The molecule has 9 aromatic carbocycles. The van der Waals surface area contributed by atoms with E-state index in [1.54, 1.807) is 49.9 Å². The Balaban J connectivity index is 0.000000145. The number of thioether (sulfide) groups is 1. The minimum absolute atomic E-state index is 0. The van der Waals surface area contributed by atoms with Crippen LogP contribution in [0.25, 0.3) is 179 Å². The second kappa shape index (κ2) is 33.0. The molecule has 19 rings (SSSR count). The van der Waals surface area contributed by atoms with Gasteiger partial charge in [-0.15, -0.1) is 11.8 Å². The number of esters is 3. The molecule has 10 heterocycles. The van der Waals surface area contributed by atoms with Crippen LogP contribution in [0.2, 0.25) is 0 Å². The largest absolute Gasteiger partial charge is 2.00 e. The van der Waals surface area contributed by atoms with Crippen LogP contribution < -0.4 is 24.7 Å². The molecule has 582 valence electrons. The van der Waals surface area contributed by atoms with Crippen LogP contribution in [0.3, 0.4) is 0 Å². The van der Waals surface area contributed by atoms with Crippen LogP contribution in [0.1, 0.15) is 64.7 Å². The Morgan fingerprint density at radius 1 is 0.362 bits per heavy atom. The summed E-state index contributed by atoms with van der Waals surface area (Å²) in [5.41, 5.74) is 10.5. The number of hydrogen-bond donors (Lipinski definition) is 1. The second-order valence-electron chi connectivity index (χ2n) is 28.5. The van der Waals surface area contributed by atoms with Crippen molar-refractivity contribution in [2.24, 2.45) is 10.8 Å². The van der Waals surface area contributed by atoms with Crippen molar-refractivity contribution in [2.45, 2.75) is 65.4 Å². The maximum atomic E-state index is 12.5. The number of aliphatic hydroxyl groups excluding tert-OH is 1. The predicted octanol–water partition coefficient (Wildman–Crippen LogP) is 16.5. The summed E-state index contributed by atoms with van der Waals surface area (Å²) in [6.07, 6.45) is 0.282. The van der Waals surface area contributed by atoms with Gasteiger partial charge in [0.2, 0.25) is 0 Å². The van der Waals surface area contributed by atoms with Crippen LogP contribution in [0.5, 0.6) is 5.75 Å². The first-order chi connectivity index (χ1) is 55.5. The summed E-state index contributed by atoms with van der Waals surface area (Å²) >= 11 is 1.61. The van der Waals surface area contributed by atoms with Gasteiger partial charge in [-0.05, 0) is 114 Å². The molecule has 0 aliphatic carbocycles. The smallest absolute Gasteiger partial charge is 0.497 e.